The molecule has 0 bridgehead atoms. The third-order valence-electron chi connectivity index (χ3n) is 3.46. The fraction of sp³-hybridized carbons (Fsp3) is 0.333. The SMILES string of the molecule is CCC(C)NCc1ccccc1OCc1ccccc1.Cl. The van der Waals surface area contributed by atoms with Crippen LogP contribution in [0.1, 0.15) is 31.4 Å². The van der Waals surface area contributed by atoms with Crippen LogP contribution in [0.2, 0.25) is 0 Å². The highest BCUT2D eigenvalue weighted by Crippen LogP contribution is 2.19. The summed E-state index contributed by atoms with van der Waals surface area (Å²) in [4.78, 5) is 0. The second-order valence-corrected chi connectivity index (χ2v) is 5.07. The molecule has 0 fully saturated rings. The van der Waals surface area contributed by atoms with Gasteiger partial charge < -0.3 is 10.1 Å². The molecule has 2 rings (SSSR count). The van der Waals surface area contributed by atoms with E-state index in [9.17, 15) is 0 Å². The van der Waals surface area contributed by atoms with E-state index in [0.29, 0.717) is 12.6 Å². The predicted molar refractivity (Wildman–Crippen MR) is 91.1 cm³/mol. The molecule has 114 valence electrons. The molecular formula is C18H24ClNO. The monoisotopic (exact) mass is 305 g/mol. The minimum absolute atomic E-state index is 0. The maximum Gasteiger partial charge on any atom is 0.124 e. The Hall–Kier alpha value is -1.51. The minimum Gasteiger partial charge on any atom is -0.489 e. The minimum atomic E-state index is 0. The first-order valence-corrected chi connectivity index (χ1v) is 7.27. The Balaban J connectivity index is 0.00000220. The van der Waals surface area contributed by atoms with Gasteiger partial charge in [-0.2, -0.15) is 0 Å². The second kappa shape index (κ2) is 9.43. The van der Waals surface area contributed by atoms with Crippen molar-refractivity contribution in [2.75, 3.05) is 0 Å². The summed E-state index contributed by atoms with van der Waals surface area (Å²) in [6, 6.07) is 19.0. The fourth-order valence-corrected chi connectivity index (χ4v) is 1.95. The zero-order valence-electron chi connectivity index (χ0n) is 12.7. The number of benzene rings is 2. The van der Waals surface area contributed by atoms with E-state index in [1.54, 1.807) is 0 Å². The molecule has 0 aliphatic heterocycles. The van der Waals surface area contributed by atoms with E-state index in [4.69, 9.17) is 4.74 Å². The Labute approximate surface area is 133 Å². The van der Waals surface area contributed by atoms with Gasteiger partial charge >= 0.3 is 0 Å². The Morgan fingerprint density at radius 3 is 2.38 bits per heavy atom. The molecule has 0 radical (unpaired) electrons. The molecule has 21 heavy (non-hydrogen) atoms. The second-order valence-electron chi connectivity index (χ2n) is 5.07. The number of hydrogen-bond donors (Lipinski definition) is 1. The molecule has 0 heterocycles. The molecule has 0 saturated heterocycles. The molecule has 2 nitrogen and oxygen atoms in total. The third kappa shape index (κ3) is 5.78. The van der Waals surface area contributed by atoms with Gasteiger partial charge in [-0.3, -0.25) is 0 Å². The predicted octanol–water partition coefficient (Wildman–Crippen LogP) is 4.58. The van der Waals surface area contributed by atoms with Crippen LogP contribution in [0.15, 0.2) is 54.6 Å². The van der Waals surface area contributed by atoms with E-state index in [2.05, 4.69) is 43.4 Å². The molecule has 0 saturated carbocycles. The smallest absolute Gasteiger partial charge is 0.124 e. The maximum atomic E-state index is 5.95. The Morgan fingerprint density at radius 2 is 1.67 bits per heavy atom. The molecule has 1 unspecified atom stereocenters. The standard InChI is InChI=1S/C18H23NO.ClH/c1-3-15(2)19-13-17-11-7-8-12-18(17)20-14-16-9-5-4-6-10-16;/h4-12,15,19H,3,13-14H2,1-2H3;1H. The van der Waals surface area contributed by atoms with Gasteiger partial charge in [0.15, 0.2) is 0 Å². The van der Waals surface area contributed by atoms with Crippen molar-refractivity contribution >= 4 is 12.4 Å². The molecule has 0 aromatic heterocycles. The van der Waals surface area contributed by atoms with Crippen molar-refractivity contribution in [3.63, 3.8) is 0 Å². The molecule has 2 aromatic rings. The number of halogens is 1. The molecule has 3 heteroatoms. The first kappa shape index (κ1) is 17.5. The number of ether oxygens (including phenoxy) is 1. The Bertz CT molecular complexity index is 516. The van der Waals surface area contributed by atoms with Crippen molar-refractivity contribution in [2.45, 2.75) is 39.5 Å². The topological polar surface area (TPSA) is 21.3 Å². The quantitative estimate of drug-likeness (QED) is 0.808. The summed E-state index contributed by atoms with van der Waals surface area (Å²) in [5.74, 6) is 0.965. The summed E-state index contributed by atoms with van der Waals surface area (Å²) in [6.07, 6.45) is 1.13. The summed E-state index contributed by atoms with van der Waals surface area (Å²) >= 11 is 0. The lowest BCUT2D eigenvalue weighted by atomic mass is 10.1. The van der Waals surface area contributed by atoms with Crippen LogP contribution in [0.25, 0.3) is 0 Å². The third-order valence-corrected chi connectivity index (χ3v) is 3.46. The van der Waals surface area contributed by atoms with Gasteiger partial charge in [0.1, 0.15) is 12.4 Å². The van der Waals surface area contributed by atoms with Gasteiger partial charge in [0, 0.05) is 18.2 Å². The molecule has 1 N–H and O–H groups in total. The molecule has 1 atom stereocenters. The number of hydrogen-bond acceptors (Lipinski definition) is 2. The highest BCUT2D eigenvalue weighted by atomic mass is 35.5. The molecule has 0 aliphatic rings. The highest BCUT2D eigenvalue weighted by molar-refractivity contribution is 5.85. The lowest BCUT2D eigenvalue weighted by molar-refractivity contribution is 0.301. The van der Waals surface area contributed by atoms with Crippen molar-refractivity contribution in [2.24, 2.45) is 0 Å². The van der Waals surface area contributed by atoms with Crippen LogP contribution in [-0.2, 0) is 13.2 Å². The van der Waals surface area contributed by atoms with Crippen LogP contribution in [-0.4, -0.2) is 6.04 Å². The van der Waals surface area contributed by atoms with Crippen LogP contribution in [0.5, 0.6) is 5.75 Å². The van der Waals surface area contributed by atoms with Crippen molar-refractivity contribution in [3.8, 4) is 5.75 Å². The van der Waals surface area contributed by atoms with Gasteiger partial charge in [-0.1, -0.05) is 55.5 Å². The lowest BCUT2D eigenvalue weighted by Crippen LogP contribution is -2.24. The van der Waals surface area contributed by atoms with Crippen LogP contribution < -0.4 is 10.1 Å². The molecule has 0 amide bonds. The molecular weight excluding hydrogens is 282 g/mol. The summed E-state index contributed by atoms with van der Waals surface area (Å²) in [5.41, 5.74) is 2.40. The van der Waals surface area contributed by atoms with Gasteiger partial charge in [-0.05, 0) is 25.0 Å². The van der Waals surface area contributed by atoms with Gasteiger partial charge in [0.05, 0.1) is 0 Å². The van der Waals surface area contributed by atoms with E-state index in [-0.39, 0.29) is 12.4 Å². The summed E-state index contributed by atoms with van der Waals surface area (Å²) in [6.45, 7) is 5.85. The summed E-state index contributed by atoms with van der Waals surface area (Å²) < 4.78 is 5.95. The fourth-order valence-electron chi connectivity index (χ4n) is 1.95. The van der Waals surface area contributed by atoms with Gasteiger partial charge in [-0.25, -0.2) is 0 Å². The van der Waals surface area contributed by atoms with E-state index >= 15 is 0 Å². The van der Waals surface area contributed by atoms with E-state index in [1.165, 1.54) is 11.1 Å². The molecule has 0 aliphatic carbocycles. The van der Waals surface area contributed by atoms with Crippen LogP contribution in [0, 0.1) is 0 Å². The number of rotatable bonds is 7. The lowest BCUT2D eigenvalue weighted by Gasteiger charge is -2.15. The van der Waals surface area contributed by atoms with Gasteiger partial charge in [0.25, 0.3) is 0 Å². The van der Waals surface area contributed by atoms with Crippen molar-refractivity contribution < 1.29 is 4.74 Å². The van der Waals surface area contributed by atoms with Crippen LogP contribution >= 0.6 is 12.4 Å². The van der Waals surface area contributed by atoms with Crippen LogP contribution in [0.3, 0.4) is 0 Å². The van der Waals surface area contributed by atoms with Crippen molar-refractivity contribution in [1.82, 2.24) is 5.32 Å². The Kier molecular flexibility index (Phi) is 7.88. The van der Waals surface area contributed by atoms with Crippen molar-refractivity contribution in [3.05, 3.63) is 65.7 Å². The Morgan fingerprint density at radius 1 is 1.00 bits per heavy atom. The van der Waals surface area contributed by atoms with Gasteiger partial charge in [0.2, 0.25) is 0 Å². The summed E-state index contributed by atoms with van der Waals surface area (Å²) in [7, 11) is 0. The zero-order valence-corrected chi connectivity index (χ0v) is 13.5. The summed E-state index contributed by atoms with van der Waals surface area (Å²) in [5, 5.41) is 3.51. The zero-order chi connectivity index (χ0) is 14.2. The average molecular weight is 306 g/mol. The number of para-hydroxylation sites is 1. The van der Waals surface area contributed by atoms with E-state index in [1.807, 2.05) is 30.3 Å². The van der Waals surface area contributed by atoms with Gasteiger partial charge in [-0.15, -0.1) is 12.4 Å². The first-order valence-electron chi connectivity index (χ1n) is 7.27. The average Bonchev–Trinajstić information content (AvgIpc) is 2.52. The molecule has 2 aromatic carbocycles. The maximum absolute atomic E-state index is 5.95. The normalized spacial score (nSPS) is 11.5. The van der Waals surface area contributed by atoms with Crippen LogP contribution in [0.4, 0.5) is 0 Å². The number of nitrogens with one attached hydrogen (secondary N) is 1. The van der Waals surface area contributed by atoms with Crippen molar-refractivity contribution in [1.29, 1.82) is 0 Å². The van der Waals surface area contributed by atoms with E-state index in [0.717, 1.165) is 18.7 Å². The largest absolute Gasteiger partial charge is 0.489 e. The molecule has 0 spiro atoms. The first-order chi connectivity index (χ1) is 9.79. The van der Waals surface area contributed by atoms with E-state index < -0.39 is 0 Å². The highest BCUT2D eigenvalue weighted by Gasteiger charge is 2.05.